The van der Waals surface area contributed by atoms with Crippen LogP contribution in [0.5, 0.6) is 5.75 Å². The van der Waals surface area contributed by atoms with E-state index in [9.17, 15) is 9.59 Å². The molecule has 150 valence electrons. The average Bonchev–Trinajstić information content (AvgIpc) is 3.38. The van der Waals surface area contributed by atoms with Crippen molar-refractivity contribution in [3.05, 3.63) is 77.9 Å². The highest BCUT2D eigenvalue weighted by Crippen LogP contribution is 2.73. The van der Waals surface area contributed by atoms with Crippen molar-refractivity contribution in [2.45, 2.75) is 19.4 Å². The van der Waals surface area contributed by atoms with Crippen LogP contribution in [0.15, 0.2) is 71.9 Å². The van der Waals surface area contributed by atoms with Crippen molar-refractivity contribution in [2.75, 3.05) is 0 Å². The van der Waals surface area contributed by atoms with E-state index in [-0.39, 0.29) is 40.9 Å². The number of carbonyl (C=O) groups is 2. The van der Waals surface area contributed by atoms with Gasteiger partial charge in [-0.1, -0.05) is 42.5 Å². The first kappa shape index (κ1) is 17.6. The molecule has 2 aromatic rings. The first-order valence-electron chi connectivity index (χ1n) is 10.5. The maximum atomic E-state index is 12.9. The number of nitrogens with zero attached hydrogens (tertiary/aromatic N) is 2. The average molecular weight is 398 g/mol. The topological polar surface area (TPSA) is 59.0 Å². The number of allylic oxidation sites excluding steroid dienone is 2. The van der Waals surface area contributed by atoms with Crippen LogP contribution in [-0.4, -0.2) is 23.0 Å². The van der Waals surface area contributed by atoms with Crippen molar-refractivity contribution in [1.29, 1.82) is 0 Å². The third-order valence-corrected chi connectivity index (χ3v) is 7.28. The molecule has 0 radical (unpaired) electrons. The summed E-state index contributed by atoms with van der Waals surface area (Å²) in [5.41, 5.74) is 2.14. The summed E-state index contributed by atoms with van der Waals surface area (Å²) in [5.74, 6) is 0.535. The number of benzene rings is 2. The normalized spacial score (nSPS) is 29.9. The second-order valence-electron chi connectivity index (χ2n) is 8.80. The fourth-order valence-electron chi connectivity index (χ4n) is 5.69. The van der Waals surface area contributed by atoms with E-state index in [1.165, 1.54) is 0 Å². The quantitative estimate of drug-likeness (QED) is 0.437. The maximum absolute atomic E-state index is 12.9. The van der Waals surface area contributed by atoms with E-state index in [0.29, 0.717) is 6.61 Å². The molecule has 2 bridgehead atoms. The molecule has 1 aliphatic heterocycles. The van der Waals surface area contributed by atoms with Crippen molar-refractivity contribution < 1.29 is 14.3 Å². The number of imide groups is 1. The highest BCUT2D eigenvalue weighted by atomic mass is 16.5. The minimum Gasteiger partial charge on any atom is -0.489 e. The minimum atomic E-state index is -0.207. The molecule has 2 saturated carbocycles. The monoisotopic (exact) mass is 398 g/mol. The van der Waals surface area contributed by atoms with E-state index >= 15 is 0 Å². The molecule has 6 rings (SSSR count). The van der Waals surface area contributed by atoms with Gasteiger partial charge in [0.1, 0.15) is 12.4 Å². The molecule has 2 amide bonds. The van der Waals surface area contributed by atoms with E-state index in [2.05, 4.69) is 17.3 Å². The Hall–Kier alpha value is -3.21. The Bertz CT molecular complexity index is 1040. The number of amides is 2. The van der Waals surface area contributed by atoms with Crippen LogP contribution in [0.3, 0.4) is 0 Å². The molecule has 1 spiro atoms. The zero-order valence-electron chi connectivity index (χ0n) is 16.5. The lowest BCUT2D eigenvalue weighted by Crippen LogP contribution is -2.30. The lowest BCUT2D eigenvalue weighted by Gasteiger charge is -2.18. The van der Waals surface area contributed by atoms with Crippen LogP contribution in [-0.2, 0) is 16.2 Å². The molecule has 1 heterocycles. The van der Waals surface area contributed by atoms with E-state index in [1.807, 2.05) is 54.6 Å². The molecule has 30 heavy (non-hydrogen) atoms. The molecule has 0 aromatic heterocycles. The van der Waals surface area contributed by atoms with Crippen molar-refractivity contribution >= 4 is 18.0 Å². The standard InChI is InChI=1S/C25H22N2O3/c28-23-21-19-10-11-20(25(19)12-13-25)22(21)24(29)27(23)26-14-16-6-8-18(9-7-16)30-15-17-4-2-1-3-5-17/h1-11,14,19-22H,12-13,15H2/b26-14-/t19-,20-,21-,22+/m1/s1. The van der Waals surface area contributed by atoms with Crippen molar-refractivity contribution in [3.63, 3.8) is 0 Å². The summed E-state index contributed by atoms with van der Waals surface area (Å²) in [6.45, 7) is 0.506. The van der Waals surface area contributed by atoms with Crippen LogP contribution in [0.2, 0.25) is 0 Å². The SMILES string of the molecule is O=C1[C@@H]2[C@H](C(=O)N1/N=C\c1ccc(OCc3ccccc3)cc1)[C@H]1C=C[C@H]2C12CC2. The molecule has 5 heteroatoms. The Labute approximate surface area is 175 Å². The van der Waals surface area contributed by atoms with E-state index in [1.54, 1.807) is 6.21 Å². The van der Waals surface area contributed by atoms with Crippen molar-refractivity contribution in [3.8, 4) is 5.75 Å². The predicted molar refractivity (Wildman–Crippen MR) is 111 cm³/mol. The Balaban J connectivity index is 1.13. The molecule has 0 unspecified atom stereocenters. The van der Waals surface area contributed by atoms with Crippen LogP contribution in [0, 0.1) is 29.1 Å². The first-order chi connectivity index (χ1) is 14.7. The number of ether oxygens (including phenoxy) is 1. The zero-order chi connectivity index (χ0) is 20.3. The Morgan fingerprint density at radius 3 is 2.17 bits per heavy atom. The van der Waals surface area contributed by atoms with E-state index in [0.717, 1.165) is 34.7 Å². The fourth-order valence-corrected chi connectivity index (χ4v) is 5.69. The lowest BCUT2D eigenvalue weighted by molar-refractivity contribution is -0.141. The van der Waals surface area contributed by atoms with E-state index < -0.39 is 0 Å². The van der Waals surface area contributed by atoms with Gasteiger partial charge in [-0.25, -0.2) is 0 Å². The van der Waals surface area contributed by atoms with Crippen molar-refractivity contribution in [2.24, 2.45) is 34.2 Å². The van der Waals surface area contributed by atoms with Crippen LogP contribution >= 0.6 is 0 Å². The highest BCUT2D eigenvalue weighted by Gasteiger charge is 2.73. The third kappa shape index (κ3) is 2.51. The first-order valence-corrected chi connectivity index (χ1v) is 10.5. The summed E-state index contributed by atoms with van der Waals surface area (Å²) in [7, 11) is 0. The summed E-state index contributed by atoms with van der Waals surface area (Å²) in [6.07, 6.45) is 8.21. The van der Waals surface area contributed by atoms with Crippen LogP contribution < -0.4 is 4.74 Å². The number of rotatable bonds is 5. The number of fused-ring (bicyclic) bond motifs is 3. The van der Waals surface area contributed by atoms with Gasteiger partial charge in [0, 0.05) is 0 Å². The Kier molecular flexibility index (Phi) is 3.76. The minimum absolute atomic E-state index is 0.132. The van der Waals surface area contributed by atoms with Gasteiger partial charge in [-0.15, -0.1) is 0 Å². The van der Waals surface area contributed by atoms with Gasteiger partial charge < -0.3 is 4.74 Å². The lowest BCUT2D eigenvalue weighted by atomic mass is 9.85. The molecular weight excluding hydrogens is 376 g/mol. The Morgan fingerprint density at radius 2 is 1.57 bits per heavy atom. The summed E-state index contributed by atoms with van der Waals surface area (Å²) >= 11 is 0. The fraction of sp³-hybridized carbons (Fsp3) is 0.320. The van der Waals surface area contributed by atoms with Crippen molar-refractivity contribution in [1.82, 2.24) is 5.01 Å². The summed E-state index contributed by atoms with van der Waals surface area (Å²) in [5, 5.41) is 5.38. The molecule has 5 nitrogen and oxygen atoms in total. The maximum Gasteiger partial charge on any atom is 0.254 e. The van der Waals surface area contributed by atoms with Gasteiger partial charge in [0.05, 0.1) is 18.1 Å². The molecule has 4 atom stereocenters. The summed E-state index contributed by atoms with van der Waals surface area (Å²) in [4.78, 5) is 25.9. The molecule has 1 saturated heterocycles. The van der Waals surface area contributed by atoms with Gasteiger partial charge in [-0.05, 0) is 65.5 Å². The highest BCUT2D eigenvalue weighted by molar-refractivity contribution is 6.07. The van der Waals surface area contributed by atoms with Gasteiger partial charge in [0.2, 0.25) is 0 Å². The number of hydrazone groups is 1. The van der Waals surface area contributed by atoms with Gasteiger partial charge >= 0.3 is 0 Å². The molecule has 0 N–H and O–H groups in total. The van der Waals surface area contributed by atoms with Gasteiger partial charge in [-0.2, -0.15) is 10.1 Å². The molecule has 2 aromatic carbocycles. The second kappa shape index (κ2) is 6.39. The van der Waals surface area contributed by atoms with Gasteiger partial charge in [0.25, 0.3) is 11.8 Å². The number of hydrogen-bond acceptors (Lipinski definition) is 4. The smallest absolute Gasteiger partial charge is 0.254 e. The molecule has 3 aliphatic carbocycles. The van der Waals surface area contributed by atoms with E-state index in [4.69, 9.17) is 4.74 Å². The van der Waals surface area contributed by atoms with Crippen LogP contribution in [0.25, 0.3) is 0 Å². The Morgan fingerprint density at radius 1 is 0.933 bits per heavy atom. The number of carbonyl (C=O) groups excluding carboxylic acids is 2. The molecular formula is C25H22N2O3. The largest absolute Gasteiger partial charge is 0.489 e. The third-order valence-electron chi connectivity index (χ3n) is 7.28. The molecule has 4 aliphatic rings. The summed E-state index contributed by atoms with van der Waals surface area (Å²) < 4.78 is 5.80. The van der Waals surface area contributed by atoms with Crippen LogP contribution in [0.4, 0.5) is 0 Å². The summed E-state index contributed by atoms with van der Waals surface area (Å²) in [6, 6.07) is 17.5. The zero-order valence-corrected chi connectivity index (χ0v) is 16.5. The van der Waals surface area contributed by atoms with Gasteiger partial charge in [-0.3, -0.25) is 9.59 Å². The predicted octanol–water partition coefficient (Wildman–Crippen LogP) is 3.80. The molecule has 3 fully saturated rings. The second-order valence-corrected chi connectivity index (χ2v) is 8.80. The van der Waals surface area contributed by atoms with Crippen LogP contribution in [0.1, 0.15) is 24.0 Å². The van der Waals surface area contributed by atoms with Gasteiger partial charge in [0.15, 0.2) is 0 Å². The number of hydrogen-bond donors (Lipinski definition) is 0.